The Morgan fingerprint density at radius 1 is 1.47 bits per heavy atom. The minimum atomic E-state index is -3.17. The van der Waals surface area contributed by atoms with Gasteiger partial charge < -0.3 is 10.5 Å². The number of ether oxygens (including phenoxy) is 1. The molecule has 106 valence electrons. The van der Waals surface area contributed by atoms with Crippen molar-refractivity contribution in [1.82, 2.24) is 0 Å². The molecule has 0 spiro atoms. The van der Waals surface area contributed by atoms with Crippen molar-refractivity contribution in [2.24, 2.45) is 5.73 Å². The molecule has 4 nitrogen and oxygen atoms in total. The van der Waals surface area contributed by atoms with Crippen molar-refractivity contribution in [3.63, 3.8) is 0 Å². The van der Waals surface area contributed by atoms with Crippen LogP contribution in [0.5, 0.6) is 0 Å². The summed E-state index contributed by atoms with van der Waals surface area (Å²) < 4.78 is 28.6. The molecule has 2 unspecified atom stereocenters. The lowest BCUT2D eigenvalue weighted by Gasteiger charge is -2.15. The highest BCUT2D eigenvalue weighted by Crippen LogP contribution is 2.23. The number of hydrogen-bond acceptors (Lipinski definition) is 4. The fourth-order valence-electron chi connectivity index (χ4n) is 2.38. The van der Waals surface area contributed by atoms with Crippen LogP contribution in [-0.4, -0.2) is 27.4 Å². The van der Waals surface area contributed by atoms with Gasteiger partial charge in [-0.05, 0) is 43.4 Å². The summed E-state index contributed by atoms with van der Waals surface area (Å²) in [6.45, 7) is 0.851. The first-order chi connectivity index (χ1) is 8.97. The Labute approximate surface area is 114 Å². The van der Waals surface area contributed by atoms with Gasteiger partial charge in [-0.2, -0.15) is 0 Å². The van der Waals surface area contributed by atoms with Crippen LogP contribution >= 0.6 is 0 Å². The van der Waals surface area contributed by atoms with E-state index in [0.717, 1.165) is 37.9 Å². The van der Waals surface area contributed by atoms with E-state index in [1.807, 2.05) is 6.07 Å². The van der Waals surface area contributed by atoms with E-state index in [9.17, 15) is 8.42 Å². The molecular weight excluding hydrogens is 262 g/mol. The van der Waals surface area contributed by atoms with Crippen LogP contribution in [0.2, 0.25) is 0 Å². The fourth-order valence-corrected chi connectivity index (χ4v) is 3.06. The van der Waals surface area contributed by atoms with Crippen molar-refractivity contribution in [2.75, 3.05) is 12.9 Å². The van der Waals surface area contributed by atoms with E-state index in [1.165, 1.54) is 6.26 Å². The van der Waals surface area contributed by atoms with Crippen molar-refractivity contribution < 1.29 is 13.2 Å². The van der Waals surface area contributed by atoms with Crippen LogP contribution in [-0.2, 0) is 14.6 Å². The molecule has 0 amide bonds. The third-order valence-electron chi connectivity index (χ3n) is 3.54. The lowest BCUT2D eigenvalue weighted by Crippen LogP contribution is -2.15. The van der Waals surface area contributed by atoms with E-state index < -0.39 is 9.84 Å². The quantitative estimate of drug-likeness (QED) is 0.898. The molecule has 1 aliphatic rings. The zero-order valence-electron chi connectivity index (χ0n) is 11.2. The largest absolute Gasteiger partial charge is 0.378 e. The first-order valence-electron chi connectivity index (χ1n) is 6.64. The highest BCUT2D eigenvalue weighted by atomic mass is 32.2. The Morgan fingerprint density at radius 3 is 2.89 bits per heavy atom. The van der Waals surface area contributed by atoms with Crippen molar-refractivity contribution in [2.45, 2.75) is 42.7 Å². The summed E-state index contributed by atoms with van der Waals surface area (Å²) in [5, 5.41) is 0. The number of rotatable bonds is 5. The van der Waals surface area contributed by atoms with Crippen LogP contribution < -0.4 is 5.73 Å². The Morgan fingerprint density at radius 2 is 2.26 bits per heavy atom. The molecule has 0 aromatic heterocycles. The van der Waals surface area contributed by atoms with E-state index in [0.29, 0.717) is 11.0 Å². The first kappa shape index (κ1) is 14.5. The Hall–Kier alpha value is -0.910. The molecule has 0 saturated carbocycles. The fraction of sp³-hybridized carbons (Fsp3) is 0.571. The molecule has 0 bridgehead atoms. The third kappa shape index (κ3) is 4.03. The van der Waals surface area contributed by atoms with E-state index in [4.69, 9.17) is 10.5 Å². The maximum atomic E-state index is 11.5. The van der Waals surface area contributed by atoms with Crippen LogP contribution in [0.15, 0.2) is 29.2 Å². The van der Waals surface area contributed by atoms with Gasteiger partial charge in [0.05, 0.1) is 11.0 Å². The maximum absolute atomic E-state index is 11.5. The van der Waals surface area contributed by atoms with Crippen molar-refractivity contribution in [3.05, 3.63) is 29.8 Å². The number of hydrogen-bond donors (Lipinski definition) is 1. The van der Waals surface area contributed by atoms with Gasteiger partial charge in [0.1, 0.15) is 0 Å². The monoisotopic (exact) mass is 283 g/mol. The number of nitrogens with two attached hydrogens (primary N) is 1. The average molecular weight is 283 g/mol. The van der Waals surface area contributed by atoms with Gasteiger partial charge in [-0.15, -0.1) is 0 Å². The molecular formula is C14H21NO3S. The standard InChI is InChI=1S/C14H21NO3S/c1-19(16,17)13-6-2-4-11(10-13)14(15)8-7-12-5-3-9-18-12/h2,4,6,10,12,14H,3,5,7-9,15H2,1H3. The van der Waals surface area contributed by atoms with Crippen molar-refractivity contribution in [1.29, 1.82) is 0 Å². The van der Waals surface area contributed by atoms with Crippen LogP contribution in [0, 0.1) is 0 Å². The molecule has 2 N–H and O–H groups in total. The third-order valence-corrected chi connectivity index (χ3v) is 4.65. The summed E-state index contributed by atoms with van der Waals surface area (Å²) in [4.78, 5) is 0.331. The summed E-state index contributed by atoms with van der Waals surface area (Å²) in [5.41, 5.74) is 7.01. The van der Waals surface area contributed by atoms with Gasteiger partial charge in [-0.3, -0.25) is 0 Å². The van der Waals surface area contributed by atoms with Crippen molar-refractivity contribution in [3.8, 4) is 0 Å². The molecule has 1 aromatic carbocycles. The van der Waals surface area contributed by atoms with Gasteiger partial charge in [0.15, 0.2) is 9.84 Å². The number of benzene rings is 1. The minimum absolute atomic E-state index is 0.133. The maximum Gasteiger partial charge on any atom is 0.175 e. The minimum Gasteiger partial charge on any atom is -0.378 e. The summed E-state index contributed by atoms with van der Waals surface area (Å²) in [5.74, 6) is 0. The highest BCUT2D eigenvalue weighted by Gasteiger charge is 2.17. The molecule has 1 heterocycles. The molecule has 0 radical (unpaired) electrons. The second-order valence-electron chi connectivity index (χ2n) is 5.16. The lowest BCUT2D eigenvalue weighted by atomic mass is 10.0. The Kier molecular flexibility index (Phi) is 4.60. The van der Waals surface area contributed by atoms with Gasteiger partial charge in [-0.1, -0.05) is 12.1 Å². The van der Waals surface area contributed by atoms with Crippen molar-refractivity contribution >= 4 is 9.84 Å². The Bertz CT molecular complexity index is 521. The lowest BCUT2D eigenvalue weighted by molar-refractivity contribution is 0.101. The summed E-state index contributed by atoms with van der Waals surface area (Å²) >= 11 is 0. The molecule has 2 rings (SSSR count). The molecule has 5 heteroatoms. The summed E-state index contributed by atoms with van der Waals surface area (Å²) in [6, 6.07) is 6.78. The van der Waals surface area contributed by atoms with Crippen LogP contribution in [0.4, 0.5) is 0 Å². The molecule has 19 heavy (non-hydrogen) atoms. The van der Waals surface area contributed by atoms with Crippen LogP contribution in [0.3, 0.4) is 0 Å². The highest BCUT2D eigenvalue weighted by molar-refractivity contribution is 7.90. The van der Waals surface area contributed by atoms with Gasteiger partial charge in [0.2, 0.25) is 0 Å². The van der Waals surface area contributed by atoms with E-state index in [2.05, 4.69) is 0 Å². The van der Waals surface area contributed by atoms with E-state index in [1.54, 1.807) is 18.2 Å². The molecule has 2 atom stereocenters. The molecule has 1 fully saturated rings. The molecule has 1 saturated heterocycles. The van der Waals surface area contributed by atoms with E-state index in [-0.39, 0.29) is 6.04 Å². The van der Waals surface area contributed by atoms with Crippen LogP contribution in [0.1, 0.15) is 37.3 Å². The second-order valence-corrected chi connectivity index (χ2v) is 7.18. The number of sulfone groups is 1. The SMILES string of the molecule is CS(=O)(=O)c1cccc(C(N)CCC2CCCO2)c1. The zero-order chi connectivity index (χ0) is 13.9. The predicted octanol–water partition coefficient (Wildman–Crippen LogP) is 2.05. The predicted molar refractivity (Wildman–Crippen MR) is 74.7 cm³/mol. The van der Waals surface area contributed by atoms with E-state index >= 15 is 0 Å². The average Bonchev–Trinajstić information content (AvgIpc) is 2.88. The first-order valence-corrected chi connectivity index (χ1v) is 8.53. The van der Waals surface area contributed by atoms with Gasteiger partial charge in [0.25, 0.3) is 0 Å². The van der Waals surface area contributed by atoms with Gasteiger partial charge in [0, 0.05) is 18.9 Å². The smallest absolute Gasteiger partial charge is 0.175 e. The molecule has 1 aromatic rings. The topological polar surface area (TPSA) is 69.4 Å². The zero-order valence-corrected chi connectivity index (χ0v) is 12.0. The normalized spacial score (nSPS) is 21.5. The van der Waals surface area contributed by atoms with Crippen LogP contribution in [0.25, 0.3) is 0 Å². The summed E-state index contributed by atoms with van der Waals surface area (Å²) in [6.07, 6.45) is 5.52. The molecule has 1 aliphatic heterocycles. The molecule has 0 aliphatic carbocycles. The summed E-state index contributed by atoms with van der Waals surface area (Å²) in [7, 11) is -3.17. The van der Waals surface area contributed by atoms with Gasteiger partial charge >= 0.3 is 0 Å². The Balaban J connectivity index is 2.00. The second kappa shape index (κ2) is 6.03. The van der Waals surface area contributed by atoms with Gasteiger partial charge in [-0.25, -0.2) is 8.42 Å².